The van der Waals surface area contributed by atoms with Crippen molar-refractivity contribution in [3.8, 4) is 23.7 Å². The highest BCUT2D eigenvalue weighted by Crippen LogP contribution is 2.40. The predicted molar refractivity (Wildman–Crippen MR) is 182 cm³/mol. The third kappa shape index (κ3) is 12.0. The first kappa shape index (κ1) is 35.7. The van der Waals surface area contributed by atoms with Gasteiger partial charge in [0.05, 0.1) is 12.2 Å². The van der Waals surface area contributed by atoms with E-state index in [-0.39, 0.29) is 23.0 Å². The van der Waals surface area contributed by atoms with E-state index in [1.807, 2.05) is 0 Å². The summed E-state index contributed by atoms with van der Waals surface area (Å²) in [5.41, 5.74) is 8.39. The van der Waals surface area contributed by atoms with E-state index in [1.165, 1.54) is 27.9 Å². The van der Waals surface area contributed by atoms with E-state index in [0.29, 0.717) is 5.92 Å². The second-order valence-electron chi connectivity index (χ2n) is 14.4. The topological polar surface area (TPSA) is 40.5 Å². The summed E-state index contributed by atoms with van der Waals surface area (Å²) in [7, 11) is 0. The summed E-state index contributed by atoms with van der Waals surface area (Å²) < 4.78 is 0. The predicted octanol–water partition coefficient (Wildman–Crippen LogP) is 9.97. The summed E-state index contributed by atoms with van der Waals surface area (Å²) in [5, 5.41) is 20.2. The van der Waals surface area contributed by atoms with E-state index in [1.54, 1.807) is 0 Å². The van der Waals surface area contributed by atoms with Gasteiger partial charge < -0.3 is 10.2 Å². The molecular formula is C40H58O2. The third-order valence-electron chi connectivity index (χ3n) is 8.71. The first-order valence-corrected chi connectivity index (χ1v) is 16.1. The average Bonchev–Trinajstić information content (AvgIpc) is 2.84. The maximum atomic E-state index is 10.1. The van der Waals surface area contributed by atoms with Crippen molar-refractivity contribution in [1.82, 2.24) is 0 Å². The number of aliphatic hydroxyl groups is 2. The summed E-state index contributed by atoms with van der Waals surface area (Å²) in [6.45, 7) is 21.7. The molecule has 0 aromatic heterocycles. The van der Waals surface area contributed by atoms with Gasteiger partial charge in [0, 0.05) is 22.0 Å². The van der Waals surface area contributed by atoms with Gasteiger partial charge in [-0.3, -0.25) is 0 Å². The van der Waals surface area contributed by atoms with Gasteiger partial charge in [0.25, 0.3) is 0 Å². The van der Waals surface area contributed by atoms with Crippen molar-refractivity contribution in [2.24, 2.45) is 16.7 Å². The van der Waals surface area contributed by atoms with Crippen molar-refractivity contribution >= 4 is 0 Å². The van der Waals surface area contributed by atoms with Crippen LogP contribution in [-0.4, -0.2) is 22.4 Å². The van der Waals surface area contributed by atoms with Gasteiger partial charge in [-0.25, -0.2) is 0 Å². The fourth-order valence-corrected chi connectivity index (χ4v) is 6.41. The lowest BCUT2D eigenvalue weighted by Gasteiger charge is -2.34. The van der Waals surface area contributed by atoms with Crippen LogP contribution in [0.25, 0.3) is 0 Å². The van der Waals surface area contributed by atoms with E-state index in [2.05, 4.69) is 123 Å². The molecule has 0 aromatic carbocycles. The lowest BCUT2D eigenvalue weighted by Crippen LogP contribution is -2.28. The average molecular weight is 571 g/mol. The highest BCUT2D eigenvalue weighted by atomic mass is 16.3. The van der Waals surface area contributed by atoms with Crippen LogP contribution in [0.1, 0.15) is 127 Å². The summed E-state index contributed by atoms with van der Waals surface area (Å²) in [5.74, 6) is 14.2. The van der Waals surface area contributed by atoms with E-state index in [4.69, 9.17) is 0 Å². The van der Waals surface area contributed by atoms with Gasteiger partial charge in [-0.2, -0.15) is 0 Å². The SMILES string of the molecule is CC1=C(C#C/C(C)=C\CCC(C)C/C=C/C=C(\C)CC/C=C(\C)C#CC2=C(C)C[C@@H](O)CC2(C)C)C(C)(C)C[C@H](O)C1. The highest BCUT2D eigenvalue weighted by Gasteiger charge is 2.33. The minimum absolute atomic E-state index is 0.0527. The second-order valence-corrected chi connectivity index (χ2v) is 14.4. The number of aliphatic hydroxyl groups excluding tert-OH is 2. The monoisotopic (exact) mass is 570 g/mol. The van der Waals surface area contributed by atoms with Crippen LogP contribution in [0.15, 0.2) is 69.4 Å². The molecule has 2 rings (SSSR count). The van der Waals surface area contributed by atoms with E-state index < -0.39 is 0 Å². The van der Waals surface area contributed by atoms with Crippen molar-refractivity contribution in [1.29, 1.82) is 0 Å². The molecule has 2 nitrogen and oxygen atoms in total. The van der Waals surface area contributed by atoms with Gasteiger partial charge in [-0.05, 0) is 109 Å². The molecular weight excluding hydrogens is 512 g/mol. The van der Waals surface area contributed by atoms with Crippen LogP contribution in [0.5, 0.6) is 0 Å². The fraction of sp³-hybridized carbons (Fsp3) is 0.600. The molecule has 0 saturated carbocycles. The first-order valence-electron chi connectivity index (χ1n) is 16.1. The Kier molecular flexibility index (Phi) is 13.9. The Morgan fingerprint density at radius 3 is 1.79 bits per heavy atom. The molecule has 230 valence electrons. The van der Waals surface area contributed by atoms with Crippen molar-refractivity contribution in [2.75, 3.05) is 0 Å². The molecule has 0 saturated heterocycles. The molecule has 0 radical (unpaired) electrons. The number of allylic oxidation sites excluding steroid dienone is 10. The Morgan fingerprint density at radius 2 is 1.31 bits per heavy atom. The fourth-order valence-electron chi connectivity index (χ4n) is 6.41. The molecule has 0 spiro atoms. The van der Waals surface area contributed by atoms with Crippen LogP contribution < -0.4 is 0 Å². The molecule has 1 unspecified atom stereocenters. The largest absolute Gasteiger partial charge is 0.393 e. The number of rotatable bonds is 9. The Labute approximate surface area is 258 Å². The Bertz CT molecular complexity index is 1250. The molecule has 0 fully saturated rings. The molecule has 0 amide bonds. The van der Waals surface area contributed by atoms with Crippen molar-refractivity contribution in [2.45, 2.75) is 139 Å². The van der Waals surface area contributed by atoms with Gasteiger partial charge in [-0.1, -0.05) is 105 Å². The Balaban J connectivity index is 1.77. The minimum Gasteiger partial charge on any atom is -0.393 e. The minimum atomic E-state index is -0.245. The molecule has 0 aromatic rings. The molecule has 3 atom stereocenters. The van der Waals surface area contributed by atoms with Crippen LogP contribution >= 0.6 is 0 Å². The van der Waals surface area contributed by atoms with Crippen LogP contribution in [-0.2, 0) is 0 Å². The molecule has 2 aliphatic carbocycles. The molecule has 2 N–H and O–H groups in total. The smallest absolute Gasteiger partial charge is 0.0586 e. The van der Waals surface area contributed by atoms with Crippen molar-refractivity contribution < 1.29 is 10.2 Å². The van der Waals surface area contributed by atoms with Gasteiger partial charge in [-0.15, -0.1) is 0 Å². The zero-order chi connectivity index (χ0) is 31.5. The van der Waals surface area contributed by atoms with Gasteiger partial charge >= 0.3 is 0 Å². The highest BCUT2D eigenvalue weighted by molar-refractivity contribution is 5.45. The molecule has 2 aliphatic rings. The molecule has 2 heteroatoms. The zero-order valence-corrected chi connectivity index (χ0v) is 28.4. The lowest BCUT2D eigenvalue weighted by molar-refractivity contribution is 0.116. The third-order valence-corrected chi connectivity index (χ3v) is 8.71. The molecule has 0 aliphatic heterocycles. The van der Waals surface area contributed by atoms with Crippen LogP contribution in [0.2, 0.25) is 0 Å². The zero-order valence-electron chi connectivity index (χ0n) is 28.4. The standard InChI is InChI=1S/C40H58O2/c1-29(17-13-19-31(3)21-23-37-33(5)25-35(41)27-39(37,7)8)15-11-12-16-30(2)18-14-20-32(4)22-24-38-34(6)26-36(42)28-40(38,9)10/h11-12,15,19-20,30,35-36,41-42H,13-14,16-18,25-28H2,1-10H3/b12-11+,29-15+,31-19+,32-20-/t30?,35-,36-/m1/s1. The van der Waals surface area contributed by atoms with Gasteiger partial charge in [0.15, 0.2) is 0 Å². The number of hydrogen-bond donors (Lipinski definition) is 2. The van der Waals surface area contributed by atoms with Gasteiger partial charge in [0.2, 0.25) is 0 Å². The normalized spacial score (nSPS) is 23.9. The van der Waals surface area contributed by atoms with Crippen molar-refractivity contribution in [3.05, 3.63) is 69.4 Å². The maximum Gasteiger partial charge on any atom is 0.0586 e. The van der Waals surface area contributed by atoms with Crippen molar-refractivity contribution in [3.63, 3.8) is 0 Å². The maximum absolute atomic E-state index is 10.1. The lowest BCUT2D eigenvalue weighted by atomic mass is 9.72. The molecule has 0 heterocycles. The molecule has 42 heavy (non-hydrogen) atoms. The summed E-state index contributed by atoms with van der Waals surface area (Å²) in [4.78, 5) is 0. The van der Waals surface area contributed by atoms with Crippen LogP contribution in [0.3, 0.4) is 0 Å². The number of hydrogen-bond acceptors (Lipinski definition) is 2. The second kappa shape index (κ2) is 16.4. The van der Waals surface area contributed by atoms with E-state index in [9.17, 15) is 10.2 Å². The summed E-state index contributed by atoms with van der Waals surface area (Å²) in [6.07, 6.45) is 19.2. The van der Waals surface area contributed by atoms with Crippen LogP contribution in [0, 0.1) is 40.4 Å². The Hall–Kier alpha value is -2.52. The van der Waals surface area contributed by atoms with E-state index in [0.717, 1.165) is 68.9 Å². The van der Waals surface area contributed by atoms with Gasteiger partial charge in [0.1, 0.15) is 0 Å². The first-order chi connectivity index (χ1) is 19.6. The van der Waals surface area contributed by atoms with Crippen LogP contribution in [0.4, 0.5) is 0 Å². The Morgan fingerprint density at radius 1 is 0.833 bits per heavy atom. The summed E-state index contributed by atoms with van der Waals surface area (Å²) >= 11 is 0. The quantitative estimate of drug-likeness (QED) is 0.214. The molecule has 0 bridgehead atoms. The van der Waals surface area contributed by atoms with E-state index >= 15 is 0 Å². The summed E-state index contributed by atoms with van der Waals surface area (Å²) in [6, 6.07) is 0.